The molecule has 3 aliphatic rings. The summed E-state index contributed by atoms with van der Waals surface area (Å²) in [6.07, 6.45) is 3.02. The van der Waals surface area contributed by atoms with Crippen LogP contribution in [0.25, 0.3) is 0 Å². The number of nitrogens with zero attached hydrogens (tertiary/aromatic N) is 4. The fraction of sp³-hybridized carbons (Fsp3) is 0.556. The fourth-order valence-electron chi connectivity index (χ4n) is 3.64. The number of benzene rings is 1. The van der Waals surface area contributed by atoms with Crippen LogP contribution in [0.15, 0.2) is 23.1 Å². The summed E-state index contributed by atoms with van der Waals surface area (Å²) in [6, 6.07) is 4.47. The average molecular weight is 390 g/mol. The van der Waals surface area contributed by atoms with E-state index in [0.29, 0.717) is 43.7 Å². The molecule has 0 N–H and O–H groups in total. The van der Waals surface area contributed by atoms with Gasteiger partial charge in [0.05, 0.1) is 30.7 Å². The molecule has 2 aromatic rings. The Hall–Kier alpha value is -2.13. The van der Waals surface area contributed by atoms with Gasteiger partial charge in [0.2, 0.25) is 10.0 Å². The highest BCUT2D eigenvalue weighted by molar-refractivity contribution is 7.89. The van der Waals surface area contributed by atoms with Crippen molar-refractivity contribution in [2.45, 2.75) is 49.6 Å². The van der Waals surface area contributed by atoms with Crippen molar-refractivity contribution in [3.63, 3.8) is 0 Å². The molecule has 8 nitrogen and oxygen atoms in total. The Bertz CT molecular complexity index is 983. The van der Waals surface area contributed by atoms with Crippen molar-refractivity contribution in [1.82, 2.24) is 19.1 Å². The number of fused-ring (bicyclic) bond motifs is 2. The third kappa shape index (κ3) is 2.89. The summed E-state index contributed by atoms with van der Waals surface area (Å²) in [5, 5.41) is 4.57. The van der Waals surface area contributed by atoms with Gasteiger partial charge in [-0.2, -0.15) is 9.40 Å². The first kappa shape index (κ1) is 17.0. The number of rotatable bonds is 3. The number of hydrogen-bond donors (Lipinski definition) is 0. The molecule has 0 spiro atoms. The van der Waals surface area contributed by atoms with Crippen molar-refractivity contribution >= 4 is 10.0 Å². The summed E-state index contributed by atoms with van der Waals surface area (Å²) in [7, 11) is -3.68. The minimum Gasteiger partial charge on any atom is -0.490 e. The van der Waals surface area contributed by atoms with Crippen LogP contribution in [0.3, 0.4) is 0 Å². The molecule has 1 aromatic carbocycles. The third-order valence-corrected chi connectivity index (χ3v) is 7.29. The topological polar surface area (TPSA) is 86.6 Å². The Labute approximate surface area is 158 Å². The van der Waals surface area contributed by atoms with Gasteiger partial charge in [-0.05, 0) is 31.9 Å². The van der Waals surface area contributed by atoms with Gasteiger partial charge in [0.1, 0.15) is 5.82 Å². The zero-order chi connectivity index (χ0) is 18.6. The first-order valence-electron chi connectivity index (χ1n) is 9.40. The number of aromatic nitrogens is 3. The molecule has 0 radical (unpaired) electrons. The van der Waals surface area contributed by atoms with Gasteiger partial charge in [-0.15, -0.1) is 0 Å². The summed E-state index contributed by atoms with van der Waals surface area (Å²) in [6.45, 7) is 3.85. The molecule has 1 saturated carbocycles. The second kappa shape index (κ2) is 6.20. The highest BCUT2D eigenvalue weighted by atomic mass is 32.2. The molecule has 0 saturated heterocycles. The van der Waals surface area contributed by atoms with E-state index in [0.717, 1.165) is 30.9 Å². The fourth-order valence-corrected chi connectivity index (χ4v) is 5.24. The zero-order valence-corrected chi connectivity index (χ0v) is 16.0. The van der Waals surface area contributed by atoms with Gasteiger partial charge in [-0.25, -0.2) is 18.1 Å². The number of ether oxygens (including phenoxy) is 2. The molecule has 1 aliphatic carbocycles. The van der Waals surface area contributed by atoms with E-state index in [-0.39, 0.29) is 10.9 Å². The smallest absolute Gasteiger partial charge is 0.243 e. The number of hydrogen-bond acceptors (Lipinski definition) is 6. The highest BCUT2D eigenvalue weighted by Gasteiger charge is 2.38. The van der Waals surface area contributed by atoms with Crippen LogP contribution in [0.1, 0.15) is 49.8 Å². The van der Waals surface area contributed by atoms with Crippen molar-refractivity contribution in [2.24, 2.45) is 0 Å². The largest absolute Gasteiger partial charge is 0.490 e. The van der Waals surface area contributed by atoms with E-state index in [1.54, 1.807) is 18.2 Å². The molecule has 1 aromatic heterocycles. The van der Waals surface area contributed by atoms with Crippen LogP contribution in [0, 0.1) is 0 Å². The van der Waals surface area contributed by atoms with Crippen molar-refractivity contribution < 1.29 is 17.9 Å². The second-order valence-electron chi connectivity index (χ2n) is 7.28. The van der Waals surface area contributed by atoms with Crippen LogP contribution in [-0.4, -0.2) is 47.2 Å². The van der Waals surface area contributed by atoms with Crippen molar-refractivity contribution in [1.29, 1.82) is 0 Å². The summed E-state index contributed by atoms with van der Waals surface area (Å²) < 4.78 is 41.2. The molecule has 2 aliphatic heterocycles. The first-order valence-corrected chi connectivity index (χ1v) is 10.8. The predicted octanol–water partition coefficient (Wildman–Crippen LogP) is 2.08. The maximum absolute atomic E-state index is 13.3. The van der Waals surface area contributed by atoms with Crippen LogP contribution >= 0.6 is 0 Å². The summed E-state index contributed by atoms with van der Waals surface area (Å²) >= 11 is 0. The van der Waals surface area contributed by atoms with E-state index in [9.17, 15) is 8.42 Å². The van der Waals surface area contributed by atoms with Crippen LogP contribution in [0.4, 0.5) is 0 Å². The molecule has 27 heavy (non-hydrogen) atoms. The quantitative estimate of drug-likeness (QED) is 0.798. The Morgan fingerprint density at radius 1 is 1.11 bits per heavy atom. The third-order valence-electron chi connectivity index (χ3n) is 5.32. The molecule has 1 fully saturated rings. The van der Waals surface area contributed by atoms with Crippen molar-refractivity contribution in [3.05, 3.63) is 29.8 Å². The Balaban J connectivity index is 1.47. The van der Waals surface area contributed by atoms with Gasteiger partial charge < -0.3 is 9.47 Å². The standard InChI is InChI=1S/C18H22N4O4S/c1-12-18-19-17(13-3-4-13)20-21(18)7-8-22(12)27(23,24)14-5-6-15-16(11-14)26-10-2-9-25-15/h5-6,11-13H,2-4,7-10H2,1H3/t12-/m1/s1. The van der Waals surface area contributed by atoms with Crippen molar-refractivity contribution in [2.75, 3.05) is 19.8 Å². The molecule has 144 valence electrons. The molecular weight excluding hydrogens is 368 g/mol. The van der Waals surface area contributed by atoms with E-state index in [1.807, 2.05) is 11.6 Å². The van der Waals surface area contributed by atoms with Crippen LogP contribution in [0.2, 0.25) is 0 Å². The lowest BCUT2D eigenvalue weighted by Crippen LogP contribution is -2.41. The van der Waals surface area contributed by atoms with Crippen LogP contribution in [0.5, 0.6) is 11.5 Å². The minimum absolute atomic E-state index is 0.217. The molecule has 5 rings (SSSR count). The van der Waals surface area contributed by atoms with Gasteiger partial charge in [0.25, 0.3) is 0 Å². The summed E-state index contributed by atoms with van der Waals surface area (Å²) in [4.78, 5) is 4.85. The van der Waals surface area contributed by atoms with Gasteiger partial charge >= 0.3 is 0 Å². The molecule has 0 amide bonds. The van der Waals surface area contributed by atoms with Gasteiger partial charge in [0, 0.05) is 24.9 Å². The zero-order valence-electron chi connectivity index (χ0n) is 15.2. The normalized spacial score (nSPS) is 22.9. The minimum atomic E-state index is -3.68. The van der Waals surface area contributed by atoms with E-state index < -0.39 is 10.0 Å². The predicted molar refractivity (Wildman–Crippen MR) is 96.4 cm³/mol. The Morgan fingerprint density at radius 2 is 1.89 bits per heavy atom. The van der Waals surface area contributed by atoms with E-state index in [2.05, 4.69) is 10.1 Å². The molecule has 1 atom stereocenters. The Kier molecular flexibility index (Phi) is 3.90. The second-order valence-corrected chi connectivity index (χ2v) is 9.17. The lowest BCUT2D eigenvalue weighted by atomic mass is 10.2. The first-order chi connectivity index (χ1) is 13.0. The molecule has 0 bridgehead atoms. The maximum Gasteiger partial charge on any atom is 0.243 e. The van der Waals surface area contributed by atoms with Crippen molar-refractivity contribution in [3.8, 4) is 11.5 Å². The molecule has 3 heterocycles. The lowest BCUT2D eigenvalue weighted by molar-refractivity contribution is 0.265. The monoisotopic (exact) mass is 390 g/mol. The van der Waals surface area contributed by atoms with Gasteiger partial charge in [0.15, 0.2) is 17.3 Å². The summed E-state index contributed by atoms with van der Waals surface area (Å²) in [5.41, 5.74) is 0. The lowest BCUT2D eigenvalue weighted by Gasteiger charge is -2.32. The molecule has 9 heteroatoms. The van der Waals surface area contributed by atoms with Crippen LogP contribution in [-0.2, 0) is 16.6 Å². The molecule has 0 unspecified atom stereocenters. The average Bonchev–Trinajstić information content (AvgIpc) is 3.44. The van der Waals surface area contributed by atoms with Gasteiger partial charge in [-0.3, -0.25) is 0 Å². The number of sulfonamides is 1. The van der Waals surface area contributed by atoms with E-state index in [4.69, 9.17) is 9.47 Å². The van der Waals surface area contributed by atoms with Gasteiger partial charge in [-0.1, -0.05) is 0 Å². The Morgan fingerprint density at radius 3 is 2.67 bits per heavy atom. The van der Waals surface area contributed by atoms with E-state index >= 15 is 0 Å². The maximum atomic E-state index is 13.3. The SMILES string of the molecule is C[C@@H]1c2nc(C3CC3)nn2CCN1S(=O)(=O)c1ccc2c(c1)OCCCO2. The van der Waals surface area contributed by atoms with Crippen LogP contribution < -0.4 is 9.47 Å². The highest BCUT2D eigenvalue weighted by Crippen LogP contribution is 2.40. The van der Waals surface area contributed by atoms with E-state index in [1.165, 1.54) is 4.31 Å². The molecular formula is C18H22N4O4S. The summed E-state index contributed by atoms with van der Waals surface area (Å²) in [5.74, 6) is 3.10.